The smallest absolute Gasteiger partial charge is 0.123 e. The van der Waals surface area contributed by atoms with Crippen LogP contribution >= 0.6 is 0 Å². The Balaban J connectivity index is 2.01. The molecule has 1 atom stereocenters. The Hall–Kier alpha value is -1.69. The maximum Gasteiger partial charge on any atom is 0.123 e. The quantitative estimate of drug-likeness (QED) is 0.762. The van der Waals surface area contributed by atoms with E-state index in [9.17, 15) is 9.50 Å². The van der Waals surface area contributed by atoms with E-state index in [0.29, 0.717) is 19.6 Å². The number of aryl methyl sites for hydroxylation is 1. The molecule has 1 heterocycles. The predicted molar refractivity (Wildman–Crippen MR) is 91.1 cm³/mol. The van der Waals surface area contributed by atoms with Gasteiger partial charge in [-0.1, -0.05) is 12.1 Å². The van der Waals surface area contributed by atoms with Gasteiger partial charge in [-0.3, -0.25) is 4.90 Å². The molecule has 132 valence electrons. The predicted octanol–water partition coefficient (Wildman–Crippen LogP) is 3.52. The van der Waals surface area contributed by atoms with Crippen molar-refractivity contribution in [2.75, 3.05) is 13.2 Å². The van der Waals surface area contributed by atoms with Crippen molar-refractivity contribution in [1.29, 1.82) is 0 Å². The van der Waals surface area contributed by atoms with Gasteiger partial charge in [0.05, 0.1) is 25.4 Å². The van der Waals surface area contributed by atoms with Crippen LogP contribution in [0.25, 0.3) is 0 Å². The molecular weight excluding hydrogens is 309 g/mol. The van der Waals surface area contributed by atoms with Crippen molar-refractivity contribution in [3.8, 4) is 0 Å². The standard InChI is InChI=1S/C19H26FNO3/c1-14(2)23-13-18(22)11-21(12-19-9-4-15(3)24-19)10-16-5-7-17(20)8-6-16/h4-9,14,18,22H,10-13H2,1-3H3/t18-/m1/s1. The fourth-order valence-corrected chi connectivity index (χ4v) is 2.48. The Morgan fingerprint density at radius 2 is 1.83 bits per heavy atom. The lowest BCUT2D eigenvalue weighted by atomic mass is 10.2. The zero-order valence-corrected chi connectivity index (χ0v) is 14.5. The molecule has 24 heavy (non-hydrogen) atoms. The summed E-state index contributed by atoms with van der Waals surface area (Å²) < 4.78 is 24.2. The highest BCUT2D eigenvalue weighted by Gasteiger charge is 2.15. The molecule has 1 N–H and O–H groups in total. The highest BCUT2D eigenvalue weighted by atomic mass is 19.1. The minimum Gasteiger partial charge on any atom is -0.465 e. The molecule has 0 unspecified atom stereocenters. The topological polar surface area (TPSA) is 45.8 Å². The maximum atomic E-state index is 13.1. The van der Waals surface area contributed by atoms with Gasteiger partial charge in [0.2, 0.25) is 0 Å². The van der Waals surface area contributed by atoms with E-state index in [2.05, 4.69) is 4.90 Å². The molecule has 1 aromatic carbocycles. The van der Waals surface area contributed by atoms with Gasteiger partial charge in [-0.05, 0) is 50.6 Å². The molecule has 0 fully saturated rings. The second kappa shape index (κ2) is 8.97. The van der Waals surface area contributed by atoms with E-state index >= 15 is 0 Å². The zero-order valence-electron chi connectivity index (χ0n) is 14.5. The normalized spacial score (nSPS) is 13.0. The van der Waals surface area contributed by atoms with E-state index in [1.54, 1.807) is 12.1 Å². The van der Waals surface area contributed by atoms with Crippen LogP contribution in [0.1, 0.15) is 30.9 Å². The first-order valence-corrected chi connectivity index (χ1v) is 8.24. The van der Waals surface area contributed by atoms with Gasteiger partial charge >= 0.3 is 0 Å². The summed E-state index contributed by atoms with van der Waals surface area (Å²) >= 11 is 0. The van der Waals surface area contributed by atoms with Crippen LogP contribution in [-0.2, 0) is 17.8 Å². The Morgan fingerprint density at radius 3 is 2.42 bits per heavy atom. The molecule has 0 saturated carbocycles. The average Bonchev–Trinajstić information content (AvgIpc) is 2.92. The molecule has 0 spiro atoms. The van der Waals surface area contributed by atoms with Gasteiger partial charge in [-0.2, -0.15) is 0 Å². The van der Waals surface area contributed by atoms with Crippen LogP contribution in [0.3, 0.4) is 0 Å². The Morgan fingerprint density at radius 1 is 1.12 bits per heavy atom. The molecule has 0 aliphatic carbocycles. The lowest BCUT2D eigenvalue weighted by molar-refractivity contribution is -0.0114. The molecule has 4 nitrogen and oxygen atoms in total. The minimum absolute atomic E-state index is 0.0814. The van der Waals surface area contributed by atoms with Crippen LogP contribution in [0.5, 0.6) is 0 Å². The molecule has 0 radical (unpaired) electrons. The Kier molecular flexibility index (Phi) is 6.97. The molecule has 0 bridgehead atoms. The number of aliphatic hydroxyl groups is 1. The van der Waals surface area contributed by atoms with E-state index in [1.807, 2.05) is 32.9 Å². The molecule has 0 aliphatic rings. The Bertz CT molecular complexity index is 609. The van der Waals surface area contributed by atoms with E-state index < -0.39 is 6.10 Å². The summed E-state index contributed by atoms with van der Waals surface area (Å²) in [5, 5.41) is 10.2. The molecular formula is C19H26FNO3. The van der Waals surface area contributed by atoms with E-state index in [0.717, 1.165) is 17.1 Å². The second-order valence-electron chi connectivity index (χ2n) is 6.34. The number of furan rings is 1. The average molecular weight is 335 g/mol. The zero-order chi connectivity index (χ0) is 17.5. The minimum atomic E-state index is -0.594. The van der Waals surface area contributed by atoms with Gasteiger partial charge in [0.25, 0.3) is 0 Å². The number of hydrogen-bond acceptors (Lipinski definition) is 4. The molecule has 0 saturated heterocycles. The van der Waals surface area contributed by atoms with Gasteiger partial charge in [-0.15, -0.1) is 0 Å². The number of rotatable bonds is 9. The third-order valence-electron chi connectivity index (χ3n) is 3.59. The lowest BCUT2D eigenvalue weighted by Gasteiger charge is -2.25. The maximum absolute atomic E-state index is 13.1. The number of aliphatic hydroxyl groups excluding tert-OH is 1. The van der Waals surface area contributed by atoms with Crippen molar-refractivity contribution in [3.05, 3.63) is 59.3 Å². The van der Waals surface area contributed by atoms with Crippen LogP contribution in [0, 0.1) is 12.7 Å². The summed E-state index contributed by atoms with van der Waals surface area (Å²) in [6.07, 6.45) is -0.512. The number of halogens is 1. The first-order valence-electron chi connectivity index (χ1n) is 8.24. The van der Waals surface area contributed by atoms with Crippen molar-refractivity contribution < 1.29 is 18.7 Å². The summed E-state index contributed by atoms with van der Waals surface area (Å²) in [5.74, 6) is 1.44. The van der Waals surface area contributed by atoms with Crippen LogP contribution in [0.2, 0.25) is 0 Å². The van der Waals surface area contributed by atoms with Gasteiger partial charge in [0, 0.05) is 13.1 Å². The summed E-state index contributed by atoms with van der Waals surface area (Å²) in [5.41, 5.74) is 0.983. The van der Waals surface area contributed by atoms with Gasteiger partial charge in [-0.25, -0.2) is 4.39 Å². The highest BCUT2D eigenvalue weighted by molar-refractivity contribution is 5.16. The fraction of sp³-hybridized carbons (Fsp3) is 0.474. The van der Waals surface area contributed by atoms with Gasteiger partial charge in [0.1, 0.15) is 17.3 Å². The third kappa shape index (κ3) is 6.43. The summed E-state index contributed by atoms with van der Waals surface area (Å²) in [7, 11) is 0. The number of hydrogen-bond donors (Lipinski definition) is 1. The summed E-state index contributed by atoms with van der Waals surface area (Å²) in [6, 6.07) is 10.3. The van der Waals surface area contributed by atoms with Crippen molar-refractivity contribution >= 4 is 0 Å². The first-order chi connectivity index (χ1) is 11.4. The molecule has 0 aliphatic heterocycles. The molecule has 5 heteroatoms. The number of benzene rings is 1. The first kappa shape index (κ1) is 18.6. The largest absolute Gasteiger partial charge is 0.465 e. The molecule has 2 aromatic rings. The van der Waals surface area contributed by atoms with Crippen molar-refractivity contribution in [2.45, 2.75) is 46.1 Å². The second-order valence-corrected chi connectivity index (χ2v) is 6.34. The van der Waals surface area contributed by atoms with Crippen molar-refractivity contribution in [3.63, 3.8) is 0 Å². The van der Waals surface area contributed by atoms with E-state index in [1.165, 1.54) is 12.1 Å². The van der Waals surface area contributed by atoms with Crippen LogP contribution in [0.15, 0.2) is 40.8 Å². The van der Waals surface area contributed by atoms with Gasteiger partial charge < -0.3 is 14.3 Å². The summed E-state index contributed by atoms with van der Waals surface area (Å²) in [4.78, 5) is 2.07. The highest BCUT2D eigenvalue weighted by Crippen LogP contribution is 2.14. The number of ether oxygens (including phenoxy) is 1. The molecule has 0 amide bonds. The number of nitrogens with zero attached hydrogens (tertiary/aromatic N) is 1. The Labute approximate surface area is 142 Å². The van der Waals surface area contributed by atoms with Crippen molar-refractivity contribution in [2.24, 2.45) is 0 Å². The third-order valence-corrected chi connectivity index (χ3v) is 3.59. The molecule has 1 aromatic heterocycles. The van der Waals surface area contributed by atoms with Crippen LogP contribution < -0.4 is 0 Å². The molecule has 2 rings (SSSR count). The van der Waals surface area contributed by atoms with Crippen LogP contribution in [-0.4, -0.2) is 35.4 Å². The fourth-order valence-electron chi connectivity index (χ4n) is 2.48. The van der Waals surface area contributed by atoms with E-state index in [4.69, 9.17) is 9.15 Å². The van der Waals surface area contributed by atoms with Crippen LogP contribution in [0.4, 0.5) is 4.39 Å². The van der Waals surface area contributed by atoms with Gasteiger partial charge in [0.15, 0.2) is 0 Å². The van der Waals surface area contributed by atoms with Crippen molar-refractivity contribution in [1.82, 2.24) is 4.90 Å². The SMILES string of the molecule is Cc1ccc(CN(Cc2ccc(F)cc2)C[C@@H](O)COC(C)C)o1. The lowest BCUT2D eigenvalue weighted by Crippen LogP contribution is -2.34. The monoisotopic (exact) mass is 335 g/mol. The van der Waals surface area contributed by atoms with E-state index in [-0.39, 0.29) is 18.5 Å². The summed E-state index contributed by atoms with van der Waals surface area (Å²) in [6.45, 7) is 7.68.